The van der Waals surface area contributed by atoms with Crippen LogP contribution < -0.4 is 15.0 Å². The third kappa shape index (κ3) is 4.22. The Bertz CT molecular complexity index is 1620. The molecule has 3 aliphatic heterocycles. The first-order valence-corrected chi connectivity index (χ1v) is 14.0. The van der Waals surface area contributed by atoms with Gasteiger partial charge in [0, 0.05) is 37.8 Å². The van der Waals surface area contributed by atoms with Crippen LogP contribution in [0.2, 0.25) is 0 Å². The van der Waals surface area contributed by atoms with E-state index in [9.17, 15) is 9.90 Å². The average Bonchev–Trinajstić information content (AvgIpc) is 3.47. The predicted octanol–water partition coefficient (Wildman–Crippen LogP) is 4.02. The van der Waals surface area contributed by atoms with Gasteiger partial charge in [0.1, 0.15) is 23.6 Å². The van der Waals surface area contributed by atoms with Gasteiger partial charge in [-0.25, -0.2) is 4.39 Å². The van der Waals surface area contributed by atoms with Crippen LogP contribution in [0.5, 0.6) is 11.8 Å². The average molecular weight is 543 g/mol. The van der Waals surface area contributed by atoms with Gasteiger partial charge in [-0.3, -0.25) is 19.6 Å². The summed E-state index contributed by atoms with van der Waals surface area (Å²) < 4.78 is 22.7. The lowest BCUT2D eigenvalue weighted by Crippen LogP contribution is -2.43. The fourth-order valence-corrected chi connectivity index (χ4v) is 6.63. The minimum atomic E-state index is -0.649. The highest BCUT2D eigenvalue weighted by Gasteiger charge is 2.45. The standard InChI is InChI=1S/C30H31FN6O3/c31-25-26(22-16-20(38)15-19-5-1-2-6-21(19)22)33-17-23-27(25)34-29(35-28(23)37-14-11-32-10-7-24(37)39)40-18-30-8-3-12-36(30)13-4-9-30/h1-2,5-6,15-17,32,38H,3-4,7-14,18H2. The lowest BCUT2D eigenvalue weighted by atomic mass is 9.95. The van der Waals surface area contributed by atoms with Gasteiger partial charge >= 0.3 is 6.01 Å². The van der Waals surface area contributed by atoms with E-state index < -0.39 is 5.82 Å². The number of fused-ring (bicyclic) bond motifs is 3. The van der Waals surface area contributed by atoms with Crippen LogP contribution in [0, 0.1) is 5.82 Å². The Balaban J connectivity index is 1.37. The quantitative estimate of drug-likeness (QED) is 0.390. The van der Waals surface area contributed by atoms with Gasteiger partial charge in [-0.1, -0.05) is 24.3 Å². The number of nitrogens with zero attached hydrogens (tertiary/aromatic N) is 5. The summed E-state index contributed by atoms with van der Waals surface area (Å²) in [6.07, 6.45) is 6.19. The number of ether oxygens (including phenoxy) is 1. The molecular formula is C30H31FN6O3. The van der Waals surface area contributed by atoms with Gasteiger partial charge in [-0.2, -0.15) is 9.97 Å². The first-order chi connectivity index (χ1) is 19.5. The molecule has 0 bridgehead atoms. The fraction of sp³-hybridized carbons (Fsp3) is 0.400. The molecule has 206 valence electrons. The van der Waals surface area contributed by atoms with Crippen molar-refractivity contribution >= 4 is 33.4 Å². The molecule has 2 N–H and O–H groups in total. The molecule has 2 aromatic carbocycles. The van der Waals surface area contributed by atoms with E-state index in [-0.39, 0.29) is 34.4 Å². The monoisotopic (exact) mass is 542 g/mol. The van der Waals surface area contributed by atoms with Gasteiger partial charge in [0.15, 0.2) is 11.6 Å². The number of hydrogen-bond donors (Lipinski definition) is 2. The number of phenols is 1. The second kappa shape index (κ2) is 9.94. The van der Waals surface area contributed by atoms with Crippen molar-refractivity contribution < 1.29 is 19.0 Å². The summed E-state index contributed by atoms with van der Waals surface area (Å²) >= 11 is 0. The van der Waals surface area contributed by atoms with Crippen LogP contribution in [0.3, 0.4) is 0 Å². The van der Waals surface area contributed by atoms with Crippen LogP contribution >= 0.6 is 0 Å². The smallest absolute Gasteiger partial charge is 0.319 e. The third-order valence-electron chi connectivity index (χ3n) is 8.61. The van der Waals surface area contributed by atoms with Crippen molar-refractivity contribution in [1.82, 2.24) is 25.2 Å². The summed E-state index contributed by atoms with van der Waals surface area (Å²) in [6, 6.07) is 10.7. The summed E-state index contributed by atoms with van der Waals surface area (Å²) in [6.45, 7) is 4.09. The van der Waals surface area contributed by atoms with Gasteiger partial charge in [-0.15, -0.1) is 0 Å². The van der Waals surface area contributed by atoms with E-state index in [0.29, 0.717) is 49.4 Å². The first-order valence-electron chi connectivity index (χ1n) is 14.0. The summed E-state index contributed by atoms with van der Waals surface area (Å²) in [5.41, 5.74) is 0.521. The predicted molar refractivity (Wildman–Crippen MR) is 150 cm³/mol. The van der Waals surface area contributed by atoms with E-state index in [0.717, 1.165) is 49.5 Å². The van der Waals surface area contributed by atoms with Gasteiger partial charge < -0.3 is 15.2 Å². The number of carbonyl (C=O) groups is 1. The highest BCUT2D eigenvalue weighted by molar-refractivity contribution is 6.03. The Kier molecular flexibility index (Phi) is 6.24. The second-order valence-corrected chi connectivity index (χ2v) is 11.0. The van der Waals surface area contributed by atoms with Crippen LogP contribution in [0.1, 0.15) is 32.1 Å². The molecule has 4 aromatic rings. The Morgan fingerprint density at radius 1 is 1.05 bits per heavy atom. The number of aromatic nitrogens is 3. The maximum Gasteiger partial charge on any atom is 0.319 e. The lowest BCUT2D eigenvalue weighted by molar-refractivity contribution is -0.118. The number of halogens is 1. The molecule has 5 heterocycles. The van der Waals surface area contributed by atoms with Crippen molar-refractivity contribution in [3.8, 4) is 23.0 Å². The number of benzene rings is 2. The SMILES string of the molecule is O=C1CCNCCN1c1nc(OCC23CCCN2CCC3)nc2c(F)c(-c3cc(O)cc4ccccc34)ncc12. The topological polar surface area (TPSA) is 104 Å². The Hall–Kier alpha value is -3.89. The van der Waals surface area contributed by atoms with E-state index in [1.807, 2.05) is 24.3 Å². The van der Waals surface area contributed by atoms with Crippen LogP contribution in [0.15, 0.2) is 42.6 Å². The minimum Gasteiger partial charge on any atom is -0.508 e. The van der Waals surface area contributed by atoms with Crippen LogP contribution in [-0.2, 0) is 4.79 Å². The molecule has 40 heavy (non-hydrogen) atoms. The summed E-state index contributed by atoms with van der Waals surface area (Å²) in [4.78, 5) is 30.9. The summed E-state index contributed by atoms with van der Waals surface area (Å²) in [5.74, 6) is -0.430. The number of carbonyl (C=O) groups excluding carboxylic acids is 1. The molecule has 0 aliphatic carbocycles. The van der Waals surface area contributed by atoms with Gasteiger partial charge in [-0.05, 0) is 61.7 Å². The zero-order valence-corrected chi connectivity index (χ0v) is 22.2. The number of rotatable bonds is 5. The van der Waals surface area contributed by atoms with Crippen LogP contribution in [0.25, 0.3) is 32.9 Å². The zero-order chi connectivity index (χ0) is 27.3. The van der Waals surface area contributed by atoms with Crippen LogP contribution in [0.4, 0.5) is 10.2 Å². The number of amides is 1. The van der Waals surface area contributed by atoms with Crippen molar-refractivity contribution in [2.24, 2.45) is 0 Å². The van der Waals surface area contributed by atoms with Crippen molar-refractivity contribution in [2.45, 2.75) is 37.6 Å². The maximum absolute atomic E-state index is 16.5. The molecule has 0 unspecified atom stereocenters. The number of phenolic OH excluding ortho intramolecular Hbond substituents is 1. The van der Waals surface area contributed by atoms with Crippen molar-refractivity contribution in [1.29, 1.82) is 0 Å². The van der Waals surface area contributed by atoms with E-state index in [2.05, 4.69) is 25.2 Å². The number of pyridine rings is 1. The summed E-state index contributed by atoms with van der Waals surface area (Å²) in [5, 5.41) is 15.5. The molecule has 7 rings (SSSR count). The summed E-state index contributed by atoms with van der Waals surface area (Å²) in [7, 11) is 0. The van der Waals surface area contributed by atoms with Gasteiger partial charge in [0.05, 0.1) is 10.9 Å². The Labute approximate surface area is 231 Å². The number of anilines is 1. The Morgan fingerprint density at radius 2 is 1.88 bits per heavy atom. The molecular weight excluding hydrogens is 511 g/mol. The highest BCUT2D eigenvalue weighted by Crippen LogP contribution is 2.40. The first kappa shape index (κ1) is 25.1. The van der Waals surface area contributed by atoms with E-state index in [4.69, 9.17) is 4.74 Å². The van der Waals surface area contributed by atoms with E-state index in [1.54, 1.807) is 11.0 Å². The van der Waals surface area contributed by atoms with E-state index >= 15 is 4.39 Å². The van der Waals surface area contributed by atoms with Gasteiger partial charge in [0.2, 0.25) is 5.91 Å². The highest BCUT2D eigenvalue weighted by atomic mass is 19.1. The molecule has 2 aromatic heterocycles. The van der Waals surface area contributed by atoms with Gasteiger partial charge in [0.25, 0.3) is 0 Å². The number of nitrogens with one attached hydrogen (secondary N) is 1. The largest absolute Gasteiger partial charge is 0.508 e. The molecule has 9 nitrogen and oxygen atoms in total. The number of aromatic hydroxyl groups is 1. The van der Waals surface area contributed by atoms with Crippen LogP contribution in [-0.4, -0.2) is 75.7 Å². The molecule has 0 spiro atoms. The molecule has 0 radical (unpaired) electrons. The lowest BCUT2D eigenvalue weighted by Gasteiger charge is -2.31. The second-order valence-electron chi connectivity index (χ2n) is 11.0. The van der Waals surface area contributed by atoms with Crippen molar-refractivity contribution in [3.63, 3.8) is 0 Å². The zero-order valence-electron chi connectivity index (χ0n) is 22.2. The van der Waals surface area contributed by atoms with Crippen molar-refractivity contribution in [2.75, 3.05) is 44.2 Å². The molecule has 3 fully saturated rings. The number of hydrogen-bond acceptors (Lipinski definition) is 8. The van der Waals surface area contributed by atoms with Crippen molar-refractivity contribution in [3.05, 3.63) is 48.4 Å². The fourth-order valence-electron chi connectivity index (χ4n) is 6.63. The maximum atomic E-state index is 16.5. The molecule has 0 atom stereocenters. The molecule has 0 saturated carbocycles. The Morgan fingerprint density at radius 3 is 2.73 bits per heavy atom. The minimum absolute atomic E-state index is 0.0157. The third-order valence-corrected chi connectivity index (χ3v) is 8.61. The normalized spacial score (nSPS) is 19.3. The molecule has 1 amide bonds. The molecule has 3 saturated heterocycles. The van der Waals surface area contributed by atoms with E-state index in [1.165, 1.54) is 12.3 Å². The molecule has 10 heteroatoms. The molecule has 3 aliphatic rings.